The van der Waals surface area contributed by atoms with Crippen LogP contribution >= 0.6 is 0 Å². The zero-order chi connectivity index (χ0) is 24.5. The molecule has 182 valence electrons. The van der Waals surface area contributed by atoms with Gasteiger partial charge in [0, 0.05) is 43.9 Å². The number of likely N-dealkylation sites (tertiary alicyclic amines) is 1. The van der Waals surface area contributed by atoms with Crippen LogP contribution < -0.4 is 9.47 Å². The number of non-ortho nitro benzene ring substituents is 1. The van der Waals surface area contributed by atoms with Crippen molar-refractivity contribution in [3.8, 4) is 11.5 Å². The minimum atomic E-state index is -0.901. The van der Waals surface area contributed by atoms with Crippen molar-refractivity contribution in [2.75, 3.05) is 46.2 Å². The Morgan fingerprint density at radius 1 is 1.03 bits per heavy atom. The molecule has 0 radical (unpaired) electrons. The number of benzene rings is 2. The molecule has 11 nitrogen and oxygen atoms in total. The monoisotopic (exact) mass is 481 g/mol. The van der Waals surface area contributed by atoms with Crippen LogP contribution in [0, 0.1) is 10.1 Å². The van der Waals surface area contributed by atoms with E-state index in [0.29, 0.717) is 55.5 Å². The van der Waals surface area contributed by atoms with Gasteiger partial charge >= 0.3 is 0 Å². The Morgan fingerprint density at radius 3 is 2.46 bits per heavy atom. The molecule has 5 rings (SSSR count). The number of hydrogen-bond acceptors (Lipinski definition) is 9. The number of nitrogens with zero attached hydrogens (tertiary/aromatic N) is 3. The highest BCUT2D eigenvalue weighted by Gasteiger charge is 2.46. The normalized spacial score (nSPS) is 21.5. The van der Waals surface area contributed by atoms with Crippen molar-refractivity contribution in [1.29, 1.82) is 0 Å². The highest BCUT2D eigenvalue weighted by molar-refractivity contribution is 6.46. The summed E-state index contributed by atoms with van der Waals surface area (Å²) in [7, 11) is 0. The first-order valence-corrected chi connectivity index (χ1v) is 11.2. The third kappa shape index (κ3) is 4.31. The van der Waals surface area contributed by atoms with Crippen molar-refractivity contribution in [2.24, 2.45) is 0 Å². The second-order valence-corrected chi connectivity index (χ2v) is 8.36. The number of morpholine rings is 1. The fourth-order valence-corrected chi connectivity index (χ4v) is 4.51. The van der Waals surface area contributed by atoms with Crippen LogP contribution in [0.3, 0.4) is 0 Å². The summed E-state index contributed by atoms with van der Waals surface area (Å²) in [6.45, 7) is 3.42. The van der Waals surface area contributed by atoms with Crippen LogP contribution in [0.4, 0.5) is 5.69 Å². The quantitative estimate of drug-likeness (QED) is 0.217. The molecule has 2 fully saturated rings. The third-order valence-corrected chi connectivity index (χ3v) is 6.37. The molecule has 1 atom stereocenters. The Hall–Kier alpha value is -3.96. The number of rotatable bonds is 6. The molecule has 1 amide bonds. The molecule has 2 aromatic rings. The number of aliphatic hydroxyl groups excluding tert-OH is 1. The second-order valence-electron chi connectivity index (χ2n) is 8.36. The SMILES string of the molecule is O=C1C(=O)N(CCN2CCOCC2)C(c2ccc([N+](=O)[O-])cc2)/C1=C(\O)c1ccc2c(c1)OCO2. The zero-order valence-electron chi connectivity index (χ0n) is 18.7. The molecule has 0 bridgehead atoms. The van der Waals surface area contributed by atoms with Gasteiger partial charge < -0.3 is 24.2 Å². The predicted octanol–water partition coefficient (Wildman–Crippen LogP) is 2.08. The summed E-state index contributed by atoms with van der Waals surface area (Å²) >= 11 is 0. The molecule has 2 saturated heterocycles. The Morgan fingerprint density at radius 2 is 1.74 bits per heavy atom. The van der Waals surface area contributed by atoms with Gasteiger partial charge in [-0.2, -0.15) is 0 Å². The molecule has 3 aliphatic heterocycles. The molecule has 1 unspecified atom stereocenters. The molecule has 35 heavy (non-hydrogen) atoms. The van der Waals surface area contributed by atoms with E-state index in [4.69, 9.17) is 14.2 Å². The first-order chi connectivity index (χ1) is 16.9. The van der Waals surface area contributed by atoms with Gasteiger partial charge in [0.05, 0.1) is 29.8 Å². The largest absolute Gasteiger partial charge is 0.507 e. The van der Waals surface area contributed by atoms with Crippen LogP contribution in [0.25, 0.3) is 5.76 Å². The summed E-state index contributed by atoms with van der Waals surface area (Å²) in [4.78, 5) is 40.4. The summed E-state index contributed by atoms with van der Waals surface area (Å²) in [5.74, 6) is -0.963. The highest BCUT2D eigenvalue weighted by atomic mass is 16.7. The van der Waals surface area contributed by atoms with E-state index in [0.717, 1.165) is 0 Å². The maximum atomic E-state index is 13.2. The van der Waals surface area contributed by atoms with E-state index in [1.54, 1.807) is 18.2 Å². The van der Waals surface area contributed by atoms with Crippen molar-refractivity contribution in [1.82, 2.24) is 9.80 Å². The lowest BCUT2D eigenvalue weighted by atomic mass is 9.95. The van der Waals surface area contributed by atoms with Gasteiger partial charge in [0.1, 0.15) is 5.76 Å². The molecule has 0 saturated carbocycles. The van der Waals surface area contributed by atoms with Gasteiger partial charge in [-0.25, -0.2) is 0 Å². The molecule has 0 aliphatic carbocycles. The van der Waals surface area contributed by atoms with Gasteiger partial charge in [-0.05, 0) is 35.9 Å². The van der Waals surface area contributed by atoms with Gasteiger partial charge in [-0.1, -0.05) is 0 Å². The minimum absolute atomic E-state index is 0.0499. The maximum Gasteiger partial charge on any atom is 0.295 e. The van der Waals surface area contributed by atoms with Crippen LogP contribution in [-0.2, 0) is 14.3 Å². The zero-order valence-corrected chi connectivity index (χ0v) is 18.7. The van der Waals surface area contributed by atoms with Crippen LogP contribution in [0.5, 0.6) is 11.5 Å². The minimum Gasteiger partial charge on any atom is -0.507 e. The molecule has 0 spiro atoms. The van der Waals surface area contributed by atoms with E-state index in [1.165, 1.54) is 29.2 Å². The van der Waals surface area contributed by atoms with Crippen LogP contribution in [0.1, 0.15) is 17.2 Å². The van der Waals surface area contributed by atoms with Crippen LogP contribution in [0.15, 0.2) is 48.0 Å². The topological polar surface area (TPSA) is 132 Å². The fourth-order valence-electron chi connectivity index (χ4n) is 4.51. The number of hydrogen-bond donors (Lipinski definition) is 1. The number of Topliss-reactive ketones (excluding diaryl/α,β-unsaturated/α-hetero) is 1. The summed E-state index contributed by atoms with van der Waals surface area (Å²) in [6, 6.07) is 9.49. The lowest BCUT2D eigenvalue weighted by molar-refractivity contribution is -0.384. The van der Waals surface area contributed by atoms with E-state index in [1.807, 2.05) is 0 Å². The van der Waals surface area contributed by atoms with Crippen LogP contribution in [0.2, 0.25) is 0 Å². The number of amides is 1. The van der Waals surface area contributed by atoms with E-state index in [9.17, 15) is 24.8 Å². The predicted molar refractivity (Wildman–Crippen MR) is 122 cm³/mol. The molecule has 1 N–H and O–H groups in total. The van der Waals surface area contributed by atoms with E-state index in [-0.39, 0.29) is 30.4 Å². The van der Waals surface area contributed by atoms with Gasteiger partial charge in [0.15, 0.2) is 11.5 Å². The molecule has 11 heteroatoms. The third-order valence-electron chi connectivity index (χ3n) is 6.37. The number of ketones is 1. The fraction of sp³-hybridized carbons (Fsp3) is 0.333. The summed E-state index contributed by atoms with van der Waals surface area (Å²) in [5.41, 5.74) is 0.589. The molecule has 3 heterocycles. The van der Waals surface area contributed by atoms with Crippen molar-refractivity contribution in [3.05, 3.63) is 69.3 Å². The molecule has 0 aromatic heterocycles. The van der Waals surface area contributed by atoms with E-state index < -0.39 is 22.7 Å². The Balaban J connectivity index is 1.54. The van der Waals surface area contributed by atoms with Crippen LogP contribution in [-0.4, -0.2) is 77.7 Å². The molecule has 3 aliphatic rings. The molecular formula is C24H23N3O8. The molecule has 2 aromatic carbocycles. The molecular weight excluding hydrogens is 458 g/mol. The van der Waals surface area contributed by atoms with Crippen molar-refractivity contribution in [2.45, 2.75) is 6.04 Å². The smallest absolute Gasteiger partial charge is 0.295 e. The van der Waals surface area contributed by atoms with E-state index >= 15 is 0 Å². The average molecular weight is 481 g/mol. The van der Waals surface area contributed by atoms with Gasteiger partial charge in [-0.3, -0.25) is 24.6 Å². The summed E-state index contributed by atoms with van der Waals surface area (Å²) in [5, 5.41) is 22.3. The Kier molecular flexibility index (Phi) is 6.10. The number of aliphatic hydroxyl groups is 1. The maximum absolute atomic E-state index is 13.2. The number of fused-ring (bicyclic) bond motifs is 1. The Bertz CT molecular complexity index is 1200. The second kappa shape index (κ2) is 9.35. The highest BCUT2D eigenvalue weighted by Crippen LogP contribution is 2.41. The first-order valence-electron chi connectivity index (χ1n) is 11.2. The number of nitro groups is 1. The van der Waals surface area contributed by atoms with Crippen molar-refractivity contribution >= 4 is 23.1 Å². The Labute approximate surface area is 200 Å². The number of nitro benzene ring substituents is 1. The summed E-state index contributed by atoms with van der Waals surface area (Å²) in [6.07, 6.45) is 0. The number of carbonyl (C=O) groups excluding carboxylic acids is 2. The van der Waals surface area contributed by atoms with Crippen molar-refractivity contribution in [3.63, 3.8) is 0 Å². The van der Waals surface area contributed by atoms with Gasteiger partial charge in [0.25, 0.3) is 17.4 Å². The van der Waals surface area contributed by atoms with E-state index in [2.05, 4.69) is 4.90 Å². The van der Waals surface area contributed by atoms with Gasteiger partial charge in [0.2, 0.25) is 6.79 Å². The van der Waals surface area contributed by atoms with Gasteiger partial charge in [-0.15, -0.1) is 0 Å². The average Bonchev–Trinajstić information content (AvgIpc) is 3.45. The lowest BCUT2D eigenvalue weighted by Gasteiger charge is -2.31. The lowest BCUT2D eigenvalue weighted by Crippen LogP contribution is -2.42. The number of ether oxygens (including phenoxy) is 3. The number of carbonyl (C=O) groups is 2. The standard InChI is InChI=1S/C24H23N3O8/c28-22(16-3-6-18-19(13-16)35-14-34-18)20-21(15-1-4-17(5-2-15)27(31)32)26(24(30)23(20)29)8-7-25-9-11-33-12-10-25/h1-6,13,21,28H,7-12,14H2/b22-20+. The summed E-state index contributed by atoms with van der Waals surface area (Å²) < 4.78 is 16.1. The first kappa shape index (κ1) is 22.8. The van der Waals surface area contributed by atoms with Crippen molar-refractivity contribution < 1.29 is 33.8 Å².